The summed E-state index contributed by atoms with van der Waals surface area (Å²) in [6.45, 7) is 19.2. The zero-order valence-electron chi connectivity index (χ0n) is 33.2. The Hall–Kier alpha value is -3.52. The van der Waals surface area contributed by atoms with Crippen LogP contribution in [-0.4, -0.2) is 34.1 Å². The number of carbonyl (C=O) groups is 3. The van der Waals surface area contributed by atoms with Crippen LogP contribution < -0.4 is 10.6 Å². The molecule has 7 nitrogen and oxygen atoms in total. The maximum atomic E-state index is 14.7. The van der Waals surface area contributed by atoms with Gasteiger partial charge in [-0.25, -0.2) is 9.18 Å². The third-order valence-electron chi connectivity index (χ3n) is 16.9. The van der Waals surface area contributed by atoms with Gasteiger partial charge in [-0.1, -0.05) is 71.0 Å². The molecule has 5 aliphatic carbocycles. The van der Waals surface area contributed by atoms with E-state index in [1.165, 1.54) is 36.6 Å². The SMILES string of the molecule is C=C(C)[C@@H]1CC[C@]2(C(=O)NCc3cccc(C(=O)NCc4cccc(C(=O)O)c4F)c3)CC[C@]3(C)C(CCC4[C@@]5(C)CC[C@H](O)C(C)(C)C5CC[C@]43C)C12. The van der Waals surface area contributed by atoms with Crippen LogP contribution in [0.25, 0.3) is 0 Å². The number of allylic oxidation sites excluding steroid dienone is 1. The number of aliphatic hydroxyl groups is 1. The van der Waals surface area contributed by atoms with Gasteiger partial charge in [-0.3, -0.25) is 9.59 Å². The summed E-state index contributed by atoms with van der Waals surface area (Å²) in [5, 5.41) is 26.4. The first kappa shape index (κ1) is 38.7. The third kappa shape index (κ3) is 5.78. The van der Waals surface area contributed by atoms with Gasteiger partial charge in [0.2, 0.25) is 5.91 Å². The van der Waals surface area contributed by atoms with Crippen LogP contribution in [0.5, 0.6) is 0 Å². The number of hydrogen-bond donors (Lipinski definition) is 4. The molecule has 5 aliphatic rings. The summed E-state index contributed by atoms with van der Waals surface area (Å²) in [4.78, 5) is 39.1. The number of aliphatic hydroxyl groups excluding tert-OH is 1. The minimum atomic E-state index is -1.36. The number of hydrogen-bond acceptors (Lipinski definition) is 4. The molecule has 5 fully saturated rings. The Balaban J connectivity index is 1.08. The minimum Gasteiger partial charge on any atom is -0.478 e. The Morgan fingerprint density at radius 1 is 0.833 bits per heavy atom. The van der Waals surface area contributed by atoms with Crippen molar-refractivity contribution < 1.29 is 29.0 Å². The molecule has 0 aromatic heterocycles. The highest BCUT2D eigenvalue weighted by Crippen LogP contribution is 2.77. The van der Waals surface area contributed by atoms with Crippen LogP contribution in [0.15, 0.2) is 54.6 Å². The summed E-state index contributed by atoms with van der Waals surface area (Å²) >= 11 is 0. The van der Waals surface area contributed by atoms with Crippen LogP contribution in [0.1, 0.15) is 138 Å². The van der Waals surface area contributed by atoms with Gasteiger partial charge in [-0.15, -0.1) is 0 Å². The Kier molecular flexibility index (Phi) is 9.76. The third-order valence-corrected chi connectivity index (χ3v) is 16.9. The Bertz CT molecular complexity index is 1860. The molecule has 2 aromatic carbocycles. The predicted molar refractivity (Wildman–Crippen MR) is 208 cm³/mol. The molecule has 292 valence electrons. The summed E-state index contributed by atoms with van der Waals surface area (Å²) in [7, 11) is 0. The molecule has 0 radical (unpaired) electrons. The van der Waals surface area contributed by atoms with E-state index in [1.807, 2.05) is 6.07 Å². The largest absolute Gasteiger partial charge is 0.478 e. The van der Waals surface area contributed by atoms with E-state index in [-0.39, 0.29) is 51.7 Å². The molecular weight excluding hydrogens is 680 g/mol. The fourth-order valence-electron chi connectivity index (χ4n) is 13.9. The molecular formula is C46H61FN2O5. The molecule has 0 aliphatic heterocycles. The van der Waals surface area contributed by atoms with Crippen molar-refractivity contribution >= 4 is 17.8 Å². The molecule has 4 N–H and O–H groups in total. The second-order valence-electron chi connectivity index (χ2n) is 19.4. The highest BCUT2D eigenvalue weighted by atomic mass is 19.1. The number of nitrogens with one attached hydrogen (secondary N) is 2. The van der Waals surface area contributed by atoms with Gasteiger partial charge in [0.25, 0.3) is 5.91 Å². The van der Waals surface area contributed by atoms with E-state index in [9.17, 15) is 29.0 Å². The highest BCUT2D eigenvalue weighted by Gasteiger charge is 2.71. The van der Waals surface area contributed by atoms with Crippen LogP contribution in [0.3, 0.4) is 0 Å². The molecule has 5 saturated carbocycles. The Labute approximate surface area is 321 Å². The Morgan fingerprint density at radius 3 is 2.30 bits per heavy atom. The molecule has 0 spiro atoms. The fraction of sp³-hybridized carbons (Fsp3) is 0.630. The van der Waals surface area contributed by atoms with E-state index in [0.29, 0.717) is 35.8 Å². The predicted octanol–water partition coefficient (Wildman–Crippen LogP) is 9.09. The quantitative estimate of drug-likeness (QED) is 0.202. The van der Waals surface area contributed by atoms with Gasteiger partial charge in [-0.2, -0.15) is 0 Å². The average Bonchev–Trinajstić information content (AvgIpc) is 3.53. The van der Waals surface area contributed by atoms with Gasteiger partial charge in [0.05, 0.1) is 17.1 Å². The summed E-state index contributed by atoms with van der Waals surface area (Å²) in [6.07, 6.45) is 10.1. The maximum Gasteiger partial charge on any atom is 0.338 e. The molecule has 7 rings (SSSR count). The first-order chi connectivity index (χ1) is 25.4. The van der Waals surface area contributed by atoms with Gasteiger partial charge in [0.1, 0.15) is 5.82 Å². The molecule has 0 saturated heterocycles. The Morgan fingerprint density at radius 2 is 1.57 bits per heavy atom. The second-order valence-corrected chi connectivity index (χ2v) is 19.4. The number of amides is 2. The van der Waals surface area contributed by atoms with Crippen LogP contribution >= 0.6 is 0 Å². The van der Waals surface area contributed by atoms with Crippen molar-refractivity contribution in [2.24, 2.45) is 56.7 Å². The van der Waals surface area contributed by atoms with E-state index in [0.717, 1.165) is 56.9 Å². The number of benzene rings is 2. The van der Waals surface area contributed by atoms with E-state index >= 15 is 0 Å². The lowest BCUT2D eigenvalue weighted by Gasteiger charge is -2.72. The van der Waals surface area contributed by atoms with E-state index in [2.05, 4.69) is 58.8 Å². The minimum absolute atomic E-state index is 0.0822. The van der Waals surface area contributed by atoms with Crippen LogP contribution in [0.2, 0.25) is 0 Å². The van der Waals surface area contributed by atoms with E-state index < -0.39 is 28.7 Å². The zero-order valence-corrected chi connectivity index (χ0v) is 33.2. The number of aromatic carboxylic acids is 1. The van der Waals surface area contributed by atoms with Crippen molar-refractivity contribution in [2.75, 3.05) is 0 Å². The number of rotatable bonds is 8. The molecule has 4 unspecified atom stereocenters. The van der Waals surface area contributed by atoms with Gasteiger partial charge >= 0.3 is 5.97 Å². The van der Waals surface area contributed by atoms with E-state index in [4.69, 9.17) is 0 Å². The molecule has 0 heterocycles. The summed E-state index contributed by atoms with van der Waals surface area (Å²) in [6, 6.07) is 11.2. The van der Waals surface area contributed by atoms with Crippen molar-refractivity contribution in [1.82, 2.24) is 10.6 Å². The van der Waals surface area contributed by atoms with Crippen molar-refractivity contribution in [3.63, 3.8) is 0 Å². The summed E-state index contributed by atoms with van der Waals surface area (Å²) in [5.74, 6) is -0.427. The lowest BCUT2D eigenvalue weighted by Crippen LogP contribution is -2.67. The number of fused-ring (bicyclic) bond motifs is 7. The smallest absolute Gasteiger partial charge is 0.338 e. The first-order valence-corrected chi connectivity index (χ1v) is 20.4. The van der Waals surface area contributed by atoms with Crippen LogP contribution in [0.4, 0.5) is 4.39 Å². The zero-order chi connectivity index (χ0) is 39.0. The summed E-state index contributed by atoms with van der Waals surface area (Å²) in [5.41, 5.74) is 1.96. The molecule has 2 aromatic rings. The monoisotopic (exact) mass is 740 g/mol. The van der Waals surface area contributed by atoms with Gasteiger partial charge < -0.3 is 20.8 Å². The number of carbonyl (C=O) groups excluding carboxylic acids is 2. The molecule has 8 heteroatoms. The number of halogens is 1. The summed E-state index contributed by atoms with van der Waals surface area (Å²) < 4.78 is 14.7. The van der Waals surface area contributed by atoms with Gasteiger partial charge in [0.15, 0.2) is 0 Å². The van der Waals surface area contributed by atoms with Gasteiger partial charge in [0, 0.05) is 24.2 Å². The molecule has 0 bridgehead atoms. The number of carboxylic acids is 1. The van der Waals surface area contributed by atoms with Crippen LogP contribution in [-0.2, 0) is 17.9 Å². The van der Waals surface area contributed by atoms with Crippen molar-refractivity contribution in [3.05, 3.63) is 82.7 Å². The van der Waals surface area contributed by atoms with Crippen molar-refractivity contribution in [1.29, 1.82) is 0 Å². The molecule has 2 amide bonds. The fourth-order valence-corrected chi connectivity index (χ4v) is 13.9. The molecule has 54 heavy (non-hydrogen) atoms. The van der Waals surface area contributed by atoms with E-state index in [1.54, 1.807) is 18.2 Å². The lowest BCUT2D eigenvalue weighted by molar-refractivity contribution is -0.246. The lowest BCUT2D eigenvalue weighted by atomic mass is 9.32. The molecule has 10 atom stereocenters. The maximum absolute atomic E-state index is 14.7. The topological polar surface area (TPSA) is 116 Å². The van der Waals surface area contributed by atoms with Gasteiger partial charge in [-0.05, 0) is 146 Å². The van der Waals surface area contributed by atoms with Crippen LogP contribution in [0, 0.1) is 62.5 Å². The number of carboxylic acid groups (broad SMARTS) is 1. The second kappa shape index (κ2) is 13.6. The average molecular weight is 741 g/mol. The van der Waals surface area contributed by atoms with Crippen molar-refractivity contribution in [2.45, 2.75) is 125 Å². The highest BCUT2D eigenvalue weighted by molar-refractivity contribution is 5.94. The normalized spacial score (nSPS) is 37.9. The standard InChI is InChI=1S/C46H61FN2O5/c1-27(2)31-16-21-46(41(54)49-25-28-10-8-11-29(24-28)39(51)48-26-30-12-9-13-32(38(30)47)40(52)53)23-22-44(6)33(37(31)46)14-15-35-43(5)19-18-36(50)42(3,4)34(43)17-20-45(35,44)7/h8-13,24,31,33-37,50H,1,14-23,25-26H2,2-7H3,(H,48,51)(H,49,54)(H,52,53)/t31-,33?,34?,35?,36-,37?,43-,44+,45+,46-/m0/s1. The van der Waals surface area contributed by atoms with Crippen molar-refractivity contribution in [3.8, 4) is 0 Å². The first-order valence-electron chi connectivity index (χ1n) is 20.4.